The van der Waals surface area contributed by atoms with Crippen molar-refractivity contribution >= 4 is 17.4 Å². The molecule has 2 rings (SSSR count). The van der Waals surface area contributed by atoms with Crippen LogP contribution < -0.4 is 5.32 Å². The van der Waals surface area contributed by atoms with Crippen LogP contribution in [0, 0.1) is 12.8 Å². The molecule has 1 fully saturated rings. The summed E-state index contributed by atoms with van der Waals surface area (Å²) in [5.74, 6) is 2.57. The number of aromatic nitrogens is 2. The van der Waals surface area contributed by atoms with E-state index in [-0.39, 0.29) is 0 Å². The molecule has 112 valence electrons. The molecule has 1 saturated heterocycles. The highest BCUT2D eigenvalue weighted by Gasteiger charge is 2.15. The third-order valence-electron chi connectivity index (χ3n) is 4.05. The van der Waals surface area contributed by atoms with E-state index < -0.39 is 0 Å². The van der Waals surface area contributed by atoms with Gasteiger partial charge in [0, 0.05) is 25.1 Å². The molecular weight excluding hydrogens is 272 g/mol. The van der Waals surface area contributed by atoms with Gasteiger partial charge in [-0.05, 0) is 38.8 Å². The Labute approximate surface area is 126 Å². The molecule has 1 N–H and O–H groups in total. The van der Waals surface area contributed by atoms with Gasteiger partial charge in [0.1, 0.15) is 16.8 Å². The van der Waals surface area contributed by atoms with Gasteiger partial charge in [-0.1, -0.05) is 25.4 Å². The molecule has 0 radical (unpaired) electrons. The molecule has 5 heteroatoms. The van der Waals surface area contributed by atoms with E-state index in [0.29, 0.717) is 5.15 Å². The zero-order chi connectivity index (χ0) is 14.5. The van der Waals surface area contributed by atoms with Crippen LogP contribution in [0.2, 0.25) is 5.15 Å². The number of likely N-dealkylation sites (tertiary alicyclic amines) is 1. The number of aryl methyl sites for hydroxylation is 1. The molecule has 4 nitrogen and oxygen atoms in total. The minimum absolute atomic E-state index is 0.561. The zero-order valence-electron chi connectivity index (χ0n) is 12.7. The number of hydrogen-bond acceptors (Lipinski definition) is 4. The molecule has 1 aliphatic rings. The van der Waals surface area contributed by atoms with Gasteiger partial charge in [0.25, 0.3) is 0 Å². The van der Waals surface area contributed by atoms with Gasteiger partial charge < -0.3 is 10.2 Å². The molecule has 0 bridgehead atoms. The van der Waals surface area contributed by atoms with E-state index in [1.807, 2.05) is 13.8 Å². The van der Waals surface area contributed by atoms with E-state index in [1.165, 1.54) is 25.9 Å². The van der Waals surface area contributed by atoms with Crippen molar-refractivity contribution in [3.63, 3.8) is 0 Å². The molecular formula is C15H25ClN4. The highest BCUT2D eigenvalue weighted by atomic mass is 35.5. The number of rotatable bonds is 5. The summed E-state index contributed by atoms with van der Waals surface area (Å²) in [6.45, 7) is 10.8. The summed E-state index contributed by atoms with van der Waals surface area (Å²) >= 11 is 6.14. The van der Waals surface area contributed by atoms with Crippen LogP contribution in [-0.2, 0) is 6.42 Å². The third kappa shape index (κ3) is 4.06. The highest BCUT2D eigenvalue weighted by Crippen LogP contribution is 2.20. The van der Waals surface area contributed by atoms with Gasteiger partial charge in [-0.25, -0.2) is 9.97 Å². The fourth-order valence-corrected chi connectivity index (χ4v) is 2.67. The standard InChI is InChI=1S/C15H25ClN4/c1-4-13-18-14(16)12(3)15(19-13)17-7-10-20-8-5-11(2)6-9-20/h11H,4-10H2,1-3H3,(H,17,18,19). The van der Waals surface area contributed by atoms with Gasteiger partial charge in [0.15, 0.2) is 0 Å². The summed E-state index contributed by atoms with van der Waals surface area (Å²) < 4.78 is 0. The Bertz CT molecular complexity index is 442. The summed E-state index contributed by atoms with van der Waals surface area (Å²) in [7, 11) is 0. The van der Waals surface area contributed by atoms with Gasteiger partial charge in [-0.15, -0.1) is 0 Å². The van der Waals surface area contributed by atoms with Gasteiger partial charge in [-0.2, -0.15) is 0 Å². The second-order valence-electron chi connectivity index (χ2n) is 5.71. The average Bonchev–Trinajstić information content (AvgIpc) is 2.45. The lowest BCUT2D eigenvalue weighted by Gasteiger charge is -2.30. The number of nitrogens with zero attached hydrogens (tertiary/aromatic N) is 3. The quantitative estimate of drug-likeness (QED) is 0.848. The Morgan fingerprint density at radius 3 is 2.65 bits per heavy atom. The largest absolute Gasteiger partial charge is 0.368 e. The Kier molecular flexibility index (Phi) is 5.61. The predicted octanol–water partition coefficient (Wildman–Crippen LogP) is 3.14. The average molecular weight is 297 g/mol. The van der Waals surface area contributed by atoms with Crippen LogP contribution in [0.25, 0.3) is 0 Å². The van der Waals surface area contributed by atoms with E-state index in [4.69, 9.17) is 11.6 Å². The molecule has 0 atom stereocenters. The summed E-state index contributed by atoms with van der Waals surface area (Å²) in [5.41, 5.74) is 0.941. The highest BCUT2D eigenvalue weighted by molar-refractivity contribution is 6.30. The van der Waals surface area contributed by atoms with E-state index in [0.717, 1.165) is 42.6 Å². The maximum Gasteiger partial charge on any atom is 0.137 e. The number of halogens is 1. The Hall–Kier alpha value is -0.870. The molecule has 0 aromatic carbocycles. The number of anilines is 1. The molecule has 1 aromatic heterocycles. The Morgan fingerprint density at radius 2 is 2.00 bits per heavy atom. The summed E-state index contributed by atoms with van der Waals surface area (Å²) in [5, 5.41) is 3.97. The van der Waals surface area contributed by atoms with Gasteiger partial charge >= 0.3 is 0 Å². The van der Waals surface area contributed by atoms with Crippen molar-refractivity contribution in [2.45, 2.75) is 40.0 Å². The topological polar surface area (TPSA) is 41.1 Å². The maximum absolute atomic E-state index is 6.14. The molecule has 20 heavy (non-hydrogen) atoms. The number of hydrogen-bond donors (Lipinski definition) is 1. The van der Waals surface area contributed by atoms with Crippen LogP contribution in [0.4, 0.5) is 5.82 Å². The minimum Gasteiger partial charge on any atom is -0.368 e. The van der Waals surface area contributed by atoms with E-state index >= 15 is 0 Å². The molecule has 2 heterocycles. The first kappa shape index (κ1) is 15.5. The van der Waals surface area contributed by atoms with E-state index in [2.05, 4.69) is 27.1 Å². The molecule has 1 aromatic rings. The smallest absolute Gasteiger partial charge is 0.137 e. The molecule has 0 unspecified atom stereocenters. The van der Waals surface area contributed by atoms with E-state index in [1.54, 1.807) is 0 Å². The number of nitrogens with one attached hydrogen (secondary N) is 1. The van der Waals surface area contributed by atoms with Crippen LogP contribution in [0.5, 0.6) is 0 Å². The first-order valence-corrected chi connectivity index (χ1v) is 7.97. The van der Waals surface area contributed by atoms with Crippen molar-refractivity contribution in [1.82, 2.24) is 14.9 Å². The molecule has 1 aliphatic heterocycles. The van der Waals surface area contributed by atoms with Crippen molar-refractivity contribution in [1.29, 1.82) is 0 Å². The Morgan fingerprint density at radius 1 is 1.30 bits per heavy atom. The van der Waals surface area contributed by atoms with Gasteiger partial charge in [0.05, 0.1) is 0 Å². The van der Waals surface area contributed by atoms with Crippen LogP contribution in [0.1, 0.15) is 38.1 Å². The molecule has 0 spiro atoms. The third-order valence-corrected chi connectivity index (χ3v) is 4.41. The fourth-order valence-electron chi connectivity index (χ4n) is 2.48. The lowest BCUT2D eigenvalue weighted by atomic mass is 9.99. The normalized spacial score (nSPS) is 17.4. The second kappa shape index (κ2) is 7.23. The van der Waals surface area contributed by atoms with Crippen LogP contribution in [-0.4, -0.2) is 41.0 Å². The number of piperidine rings is 1. The van der Waals surface area contributed by atoms with Crippen LogP contribution >= 0.6 is 11.6 Å². The first-order valence-electron chi connectivity index (χ1n) is 7.59. The minimum atomic E-state index is 0.561. The summed E-state index contributed by atoms with van der Waals surface area (Å²) in [4.78, 5) is 11.3. The SMILES string of the molecule is CCc1nc(Cl)c(C)c(NCCN2CCC(C)CC2)n1. The van der Waals surface area contributed by atoms with E-state index in [9.17, 15) is 0 Å². The van der Waals surface area contributed by atoms with Gasteiger partial charge in [-0.3, -0.25) is 0 Å². The van der Waals surface area contributed by atoms with Crippen molar-refractivity contribution in [2.24, 2.45) is 5.92 Å². The van der Waals surface area contributed by atoms with Crippen molar-refractivity contribution < 1.29 is 0 Å². The van der Waals surface area contributed by atoms with Crippen molar-refractivity contribution in [3.8, 4) is 0 Å². The van der Waals surface area contributed by atoms with Crippen LogP contribution in [0.15, 0.2) is 0 Å². The monoisotopic (exact) mass is 296 g/mol. The zero-order valence-corrected chi connectivity index (χ0v) is 13.5. The van der Waals surface area contributed by atoms with Crippen LogP contribution in [0.3, 0.4) is 0 Å². The predicted molar refractivity (Wildman–Crippen MR) is 84.5 cm³/mol. The first-order chi connectivity index (χ1) is 9.60. The van der Waals surface area contributed by atoms with Crippen molar-refractivity contribution in [2.75, 3.05) is 31.5 Å². The fraction of sp³-hybridized carbons (Fsp3) is 0.733. The summed E-state index contributed by atoms with van der Waals surface area (Å²) in [6.07, 6.45) is 3.44. The molecule has 0 saturated carbocycles. The molecule has 0 aliphatic carbocycles. The lowest BCUT2D eigenvalue weighted by Crippen LogP contribution is -2.36. The lowest BCUT2D eigenvalue weighted by molar-refractivity contribution is 0.199. The second-order valence-corrected chi connectivity index (χ2v) is 6.07. The van der Waals surface area contributed by atoms with Gasteiger partial charge in [0.2, 0.25) is 0 Å². The maximum atomic E-state index is 6.14. The van der Waals surface area contributed by atoms with Crippen molar-refractivity contribution in [3.05, 3.63) is 16.5 Å². The Balaban J connectivity index is 1.86. The molecule has 0 amide bonds. The summed E-state index contributed by atoms with van der Waals surface area (Å²) in [6, 6.07) is 0.